The van der Waals surface area contributed by atoms with Gasteiger partial charge in [-0.2, -0.15) is 0 Å². The Bertz CT molecular complexity index is 611. The van der Waals surface area contributed by atoms with Crippen molar-refractivity contribution in [2.24, 2.45) is 0 Å². The predicted molar refractivity (Wildman–Crippen MR) is 153 cm³/mol. The Hall–Kier alpha value is -1.67. The van der Waals surface area contributed by atoms with Gasteiger partial charge in [-0.15, -0.1) is 0 Å². The van der Waals surface area contributed by atoms with Crippen LogP contribution in [-0.4, -0.2) is 72.7 Å². The normalized spacial score (nSPS) is 16.4. The third-order valence-corrected chi connectivity index (χ3v) is 7.27. The van der Waals surface area contributed by atoms with Gasteiger partial charge < -0.3 is 25.4 Å². The van der Waals surface area contributed by atoms with Crippen molar-refractivity contribution in [1.82, 2.24) is 15.5 Å². The number of esters is 1. The number of amides is 2. The highest BCUT2D eigenvalue weighted by atomic mass is 16.5. The van der Waals surface area contributed by atoms with Crippen LogP contribution in [0, 0.1) is 0 Å². The molecule has 1 aliphatic rings. The lowest BCUT2D eigenvalue weighted by Crippen LogP contribution is -2.56. The topological polar surface area (TPSA) is 108 Å². The van der Waals surface area contributed by atoms with E-state index in [1.54, 1.807) is 0 Å². The third kappa shape index (κ3) is 18.6. The molecule has 8 heteroatoms. The Labute approximate surface area is 232 Å². The Kier molecular flexibility index (Phi) is 21.0. The maximum absolute atomic E-state index is 12.1. The van der Waals surface area contributed by atoms with Crippen LogP contribution in [0.2, 0.25) is 0 Å². The zero-order chi connectivity index (χ0) is 27.8. The number of rotatable bonds is 25. The molecule has 3 N–H and O–H groups in total. The molecule has 0 radical (unpaired) electrons. The van der Waals surface area contributed by atoms with Crippen LogP contribution in [0.4, 0.5) is 0 Å². The second-order valence-electron chi connectivity index (χ2n) is 11.0. The van der Waals surface area contributed by atoms with Crippen molar-refractivity contribution in [2.45, 2.75) is 142 Å². The Morgan fingerprint density at radius 1 is 0.868 bits per heavy atom. The molecule has 8 nitrogen and oxygen atoms in total. The molecule has 0 aromatic carbocycles. The van der Waals surface area contributed by atoms with Crippen LogP contribution in [0.25, 0.3) is 0 Å². The summed E-state index contributed by atoms with van der Waals surface area (Å²) in [4.78, 5) is 37.7. The van der Waals surface area contributed by atoms with Crippen LogP contribution in [0.3, 0.4) is 0 Å². The number of carbonyl (C=O) groups excluding carboxylic acids is 3. The first-order chi connectivity index (χ1) is 18.5. The van der Waals surface area contributed by atoms with Crippen LogP contribution in [0.5, 0.6) is 0 Å². The molecule has 1 rings (SSSR count). The summed E-state index contributed by atoms with van der Waals surface area (Å²) >= 11 is 0. The van der Waals surface area contributed by atoms with Gasteiger partial charge in [0.25, 0.3) is 0 Å². The summed E-state index contributed by atoms with van der Waals surface area (Å²) in [5.41, 5.74) is 0. The highest BCUT2D eigenvalue weighted by Gasteiger charge is 2.26. The molecule has 0 aromatic heterocycles. The minimum absolute atomic E-state index is 0.0192. The maximum Gasteiger partial charge on any atom is 0.305 e. The molecule has 2 amide bonds. The van der Waals surface area contributed by atoms with E-state index in [9.17, 15) is 19.5 Å². The van der Waals surface area contributed by atoms with Crippen molar-refractivity contribution in [2.75, 3.05) is 32.8 Å². The predicted octanol–water partition coefficient (Wildman–Crippen LogP) is 4.87. The van der Waals surface area contributed by atoms with E-state index in [4.69, 9.17) is 4.74 Å². The van der Waals surface area contributed by atoms with Crippen molar-refractivity contribution >= 4 is 17.8 Å². The molecule has 1 aliphatic heterocycles. The van der Waals surface area contributed by atoms with Gasteiger partial charge in [0, 0.05) is 13.0 Å². The van der Waals surface area contributed by atoms with Crippen molar-refractivity contribution in [3.63, 3.8) is 0 Å². The largest absolute Gasteiger partial charge is 0.463 e. The van der Waals surface area contributed by atoms with Gasteiger partial charge in [-0.1, -0.05) is 104 Å². The van der Waals surface area contributed by atoms with Gasteiger partial charge in [-0.05, 0) is 32.4 Å². The van der Waals surface area contributed by atoms with Gasteiger partial charge in [0.2, 0.25) is 11.8 Å². The van der Waals surface area contributed by atoms with Crippen molar-refractivity contribution < 1.29 is 24.2 Å². The van der Waals surface area contributed by atoms with Crippen LogP contribution in [0.1, 0.15) is 129 Å². The van der Waals surface area contributed by atoms with E-state index in [1.165, 1.54) is 89.9 Å². The third-order valence-electron chi connectivity index (χ3n) is 7.27. The van der Waals surface area contributed by atoms with E-state index < -0.39 is 18.1 Å². The second kappa shape index (κ2) is 23.2. The molecule has 222 valence electrons. The summed E-state index contributed by atoms with van der Waals surface area (Å²) in [6.45, 7) is 6.85. The summed E-state index contributed by atoms with van der Waals surface area (Å²) < 4.78 is 5.28. The fourth-order valence-corrected chi connectivity index (χ4v) is 4.91. The van der Waals surface area contributed by atoms with E-state index in [1.807, 2.05) is 0 Å². The number of unbranched alkanes of at least 4 members (excludes halogenated alkanes) is 14. The van der Waals surface area contributed by atoms with E-state index in [0.29, 0.717) is 6.54 Å². The molecule has 0 saturated carbocycles. The Morgan fingerprint density at radius 2 is 1.37 bits per heavy atom. The highest BCUT2D eigenvalue weighted by molar-refractivity contribution is 5.94. The molecule has 0 aromatic rings. The van der Waals surface area contributed by atoms with Crippen LogP contribution < -0.4 is 10.6 Å². The zero-order valence-corrected chi connectivity index (χ0v) is 24.4. The molecule has 1 saturated heterocycles. The Balaban J connectivity index is 2.31. The zero-order valence-electron chi connectivity index (χ0n) is 24.4. The first kappa shape index (κ1) is 34.4. The lowest BCUT2D eigenvalue weighted by atomic mass is 10.1. The van der Waals surface area contributed by atoms with Gasteiger partial charge in [0.05, 0.1) is 6.54 Å². The number of hydrogen-bond donors (Lipinski definition) is 3. The number of hydrogen-bond acceptors (Lipinski definition) is 6. The molecular weight excluding hydrogens is 482 g/mol. The second-order valence-corrected chi connectivity index (χ2v) is 11.0. The monoisotopic (exact) mass is 539 g/mol. The first-order valence-electron chi connectivity index (χ1n) is 15.6. The fraction of sp³-hybridized carbons (Fsp3) is 0.900. The lowest BCUT2D eigenvalue weighted by molar-refractivity contribution is -0.147. The van der Waals surface area contributed by atoms with Crippen LogP contribution >= 0.6 is 0 Å². The number of nitrogens with one attached hydrogen (secondary N) is 2. The maximum atomic E-state index is 12.1. The van der Waals surface area contributed by atoms with Gasteiger partial charge in [0.1, 0.15) is 18.8 Å². The summed E-state index contributed by atoms with van der Waals surface area (Å²) in [5.74, 6) is -1.00. The van der Waals surface area contributed by atoms with E-state index in [0.717, 1.165) is 25.9 Å². The summed E-state index contributed by atoms with van der Waals surface area (Å²) in [6, 6.07) is -0.706. The Morgan fingerprint density at radius 3 is 1.89 bits per heavy atom. The standard InChI is InChI=1S/C30H57N3O5/c1-3-5-7-9-11-13-15-17-21-33(22-18-16-14-12-10-8-6-4-2)24-26(34)25-38-29(36)20-19-27-30(37)31-23-28(35)32-27/h26-27,34H,3-25H2,1-2H3,(H,31,37)(H,32,35)/t26-,27-/m0/s1. The highest BCUT2D eigenvalue weighted by Crippen LogP contribution is 2.12. The number of nitrogens with zero attached hydrogens (tertiary/aromatic N) is 1. The molecule has 1 fully saturated rings. The molecule has 38 heavy (non-hydrogen) atoms. The van der Waals surface area contributed by atoms with E-state index >= 15 is 0 Å². The van der Waals surface area contributed by atoms with Gasteiger partial charge in [-0.25, -0.2) is 0 Å². The molecule has 0 unspecified atom stereocenters. The molecule has 0 spiro atoms. The minimum atomic E-state index is -0.736. The number of aliphatic hydroxyl groups excluding tert-OH is 1. The van der Waals surface area contributed by atoms with Crippen LogP contribution in [0.15, 0.2) is 0 Å². The summed E-state index contributed by atoms with van der Waals surface area (Å²) in [7, 11) is 0. The molecule has 0 bridgehead atoms. The van der Waals surface area contributed by atoms with E-state index in [2.05, 4.69) is 29.4 Å². The van der Waals surface area contributed by atoms with Gasteiger partial charge >= 0.3 is 5.97 Å². The van der Waals surface area contributed by atoms with E-state index in [-0.39, 0.29) is 37.8 Å². The first-order valence-corrected chi connectivity index (χ1v) is 15.6. The summed E-state index contributed by atoms with van der Waals surface area (Å²) in [5, 5.41) is 15.6. The van der Waals surface area contributed by atoms with Gasteiger partial charge in [-0.3, -0.25) is 14.4 Å². The summed E-state index contributed by atoms with van der Waals surface area (Å²) in [6.07, 6.45) is 19.9. The number of piperazine rings is 1. The SMILES string of the molecule is CCCCCCCCCCN(CCCCCCCCCC)C[C@H](O)COC(=O)CC[C@@H]1NC(=O)CNC1=O. The van der Waals surface area contributed by atoms with Crippen molar-refractivity contribution in [3.05, 3.63) is 0 Å². The number of carbonyl (C=O) groups is 3. The number of aliphatic hydroxyl groups is 1. The average Bonchev–Trinajstić information content (AvgIpc) is 2.90. The fourth-order valence-electron chi connectivity index (χ4n) is 4.91. The molecule has 2 atom stereocenters. The number of ether oxygens (including phenoxy) is 1. The lowest BCUT2D eigenvalue weighted by Gasteiger charge is -2.25. The van der Waals surface area contributed by atoms with Crippen molar-refractivity contribution in [3.8, 4) is 0 Å². The van der Waals surface area contributed by atoms with Crippen LogP contribution in [-0.2, 0) is 19.1 Å². The van der Waals surface area contributed by atoms with Gasteiger partial charge in [0.15, 0.2) is 0 Å². The van der Waals surface area contributed by atoms with Crippen molar-refractivity contribution in [1.29, 1.82) is 0 Å². The minimum Gasteiger partial charge on any atom is -0.463 e. The molecule has 0 aliphatic carbocycles. The average molecular weight is 540 g/mol. The molecular formula is C30H57N3O5. The smallest absolute Gasteiger partial charge is 0.305 e. The quantitative estimate of drug-likeness (QED) is 0.113. The molecule has 1 heterocycles.